The summed E-state index contributed by atoms with van der Waals surface area (Å²) in [7, 11) is 1.72. The molecule has 0 heterocycles. The van der Waals surface area contributed by atoms with Gasteiger partial charge in [-0.3, -0.25) is 4.79 Å². The van der Waals surface area contributed by atoms with Crippen molar-refractivity contribution in [2.24, 2.45) is 0 Å². The predicted octanol–water partition coefficient (Wildman–Crippen LogP) is 2.76. The normalized spacial score (nSPS) is 9.68. The fourth-order valence-corrected chi connectivity index (χ4v) is 1.82. The van der Waals surface area contributed by atoms with Crippen LogP contribution in [0.2, 0.25) is 0 Å². The molecule has 0 N–H and O–H groups in total. The van der Waals surface area contributed by atoms with Crippen LogP contribution in [0.5, 0.6) is 0 Å². The molecule has 0 saturated carbocycles. The average molecular weight is 250 g/mol. The average Bonchev–Trinajstić information content (AvgIpc) is 2.47. The lowest BCUT2D eigenvalue weighted by molar-refractivity contribution is -0.117. The first-order valence-electron chi connectivity index (χ1n) is 6.01. The first kappa shape index (κ1) is 12.8. The van der Waals surface area contributed by atoms with Gasteiger partial charge in [0.25, 0.3) is 0 Å². The molecule has 2 aromatic rings. The second kappa shape index (κ2) is 5.83. The zero-order valence-corrected chi connectivity index (χ0v) is 10.7. The van der Waals surface area contributed by atoms with Crippen molar-refractivity contribution in [1.82, 2.24) is 0 Å². The van der Waals surface area contributed by atoms with Crippen LogP contribution in [0.3, 0.4) is 0 Å². The summed E-state index contributed by atoms with van der Waals surface area (Å²) in [5, 5.41) is 8.86. The van der Waals surface area contributed by atoms with E-state index in [-0.39, 0.29) is 5.91 Å². The number of carbonyl (C=O) groups is 1. The van der Waals surface area contributed by atoms with Crippen LogP contribution in [0.15, 0.2) is 54.6 Å². The van der Waals surface area contributed by atoms with Crippen LogP contribution < -0.4 is 4.90 Å². The molecule has 0 aliphatic heterocycles. The fraction of sp³-hybridized carbons (Fsp3) is 0.125. The first-order valence-corrected chi connectivity index (χ1v) is 6.01. The van der Waals surface area contributed by atoms with Crippen molar-refractivity contribution in [1.29, 1.82) is 5.26 Å². The van der Waals surface area contributed by atoms with Crippen molar-refractivity contribution in [2.45, 2.75) is 6.42 Å². The van der Waals surface area contributed by atoms with Crippen molar-refractivity contribution in [2.75, 3.05) is 11.9 Å². The van der Waals surface area contributed by atoms with Crippen molar-refractivity contribution < 1.29 is 4.79 Å². The van der Waals surface area contributed by atoms with Crippen molar-refractivity contribution in [3.63, 3.8) is 0 Å². The highest BCUT2D eigenvalue weighted by molar-refractivity contribution is 5.94. The standard InChI is InChI=1S/C16H14N2O/c1-18(15-9-5-8-14(10-15)12-17)16(19)11-13-6-3-2-4-7-13/h2-10H,11H2,1H3. The molecule has 0 fully saturated rings. The quantitative estimate of drug-likeness (QED) is 0.840. The maximum absolute atomic E-state index is 12.2. The molecule has 3 nitrogen and oxygen atoms in total. The van der Waals surface area contributed by atoms with Crippen molar-refractivity contribution in [3.05, 3.63) is 65.7 Å². The zero-order valence-electron chi connectivity index (χ0n) is 10.7. The third-order valence-corrected chi connectivity index (χ3v) is 2.93. The van der Waals surface area contributed by atoms with Gasteiger partial charge < -0.3 is 4.90 Å². The summed E-state index contributed by atoms with van der Waals surface area (Å²) in [5.74, 6) is 0.00119. The minimum absolute atomic E-state index is 0.00119. The van der Waals surface area contributed by atoms with E-state index in [9.17, 15) is 4.79 Å². The summed E-state index contributed by atoms with van der Waals surface area (Å²) < 4.78 is 0. The summed E-state index contributed by atoms with van der Waals surface area (Å²) in [4.78, 5) is 13.7. The number of benzene rings is 2. The highest BCUT2D eigenvalue weighted by Gasteiger charge is 2.11. The van der Waals surface area contributed by atoms with E-state index < -0.39 is 0 Å². The molecule has 94 valence electrons. The van der Waals surface area contributed by atoms with Gasteiger partial charge in [-0.05, 0) is 23.8 Å². The number of anilines is 1. The molecule has 2 aromatic carbocycles. The fourth-order valence-electron chi connectivity index (χ4n) is 1.82. The maximum atomic E-state index is 12.2. The Morgan fingerprint density at radius 1 is 1.16 bits per heavy atom. The molecule has 0 aromatic heterocycles. The minimum Gasteiger partial charge on any atom is -0.315 e. The van der Waals surface area contributed by atoms with E-state index in [1.54, 1.807) is 30.1 Å². The third kappa shape index (κ3) is 3.20. The maximum Gasteiger partial charge on any atom is 0.231 e. The number of carbonyl (C=O) groups excluding carboxylic acids is 1. The Bertz CT molecular complexity index is 614. The zero-order chi connectivity index (χ0) is 13.7. The van der Waals surface area contributed by atoms with Crippen LogP contribution in [0.4, 0.5) is 5.69 Å². The molecular weight excluding hydrogens is 236 g/mol. The summed E-state index contributed by atoms with van der Waals surface area (Å²) >= 11 is 0. The lowest BCUT2D eigenvalue weighted by Gasteiger charge is -2.17. The molecule has 0 radical (unpaired) electrons. The number of amides is 1. The molecule has 0 saturated heterocycles. The second-order valence-electron chi connectivity index (χ2n) is 4.28. The van der Waals surface area contributed by atoms with Crippen LogP contribution in [0.25, 0.3) is 0 Å². The molecule has 3 heteroatoms. The highest BCUT2D eigenvalue weighted by atomic mass is 16.2. The first-order chi connectivity index (χ1) is 9.20. The molecule has 0 aliphatic rings. The lowest BCUT2D eigenvalue weighted by Crippen LogP contribution is -2.27. The minimum atomic E-state index is 0.00119. The Hall–Kier alpha value is -2.60. The van der Waals surface area contributed by atoms with Gasteiger partial charge in [-0.2, -0.15) is 5.26 Å². The van der Waals surface area contributed by atoms with Crippen molar-refractivity contribution in [3.8, 4) is 6.07 Å². The van der Waals surface area contributed by atoms with E-state index in [0.29, 0.717) is 12.0 Å². The Labute approximate surface area is 112 Å². The summed E-state index contributed by atoms with van der Waals surface area (Å²) in [5.41, 5.74) is 2.27. The van der Waals surface area contributed by atoms with Gasteiger partial charge >= 0.3 is 0 Å². The largest absolute Gasteiger partial charge is 0.315 e. The van der Waals surface area contributed by atoms with Gasteiger partial charge in [0.2, 0.25) is 5.91 Å². The Morgan fingerprint density at radius 2 is 1.89 bits per heavy atom. The van der Waals surface area contributed by atoms with E-state index in [0.717, 1.165) is 11.3 Å². The van der Waals surface area contributed by atoms with Crippen LogP contribution in [0, 0.1) is 11.3 Å². The van der Waals surface area contributed by atoms with E-state index in [1.165, 1.54) is 0 Å². The predicted molar refractivity (Wildman–Crippen MR) is 74.7 cm³/mol. The van der Waals surface area contributed by atoms with Gasteiger partial charge in [-0.25, -0.2) is 0 Å². The Balaban J connectivity index is 2.13. The van der Waals surface area contributed by atoms with Crippen LogP contribution in [-0.2, 0) is 11.2 Å². The van der Waals surface area contributed by atoms with Gasteiger partial charge in [0.15, 0.2) is 0 Å². The molecule has 0 spiro atoms. The highest BCUT2D eigenvalue weighted by Crippen LogP contribution is 2.15. The van der Waals surface area contributed by atoms with Crippen LogP contribution in [0.1, 0.15) is 11.1 Å². The van der Waals surface area contributed by atoms with E-state index >= 15 is 0 Å². The number of nitrogens with zero attached hydrogens (tertiary/aromatic N) is 2. The molecule has 0 atom stereocenters. The Morgan fingerprint density at radius 3 is 2.58 bits per heavy atom. The molecule has 0 unspecified atom stereocenters. The van der Waals surface area contributed by atoms with Crippen LogP contribution in [-0.4, -0.2) is 13.0 Å². The number of hydrogen-bond acceptors (Lipinski definition) is 2. The third-order valence-electron chi connectivity index (χ3n) is 2.93. The summed E-state index contributed by atoms with van der Waals surface area (Å²) in [6.07, 6.45) is 0.355. The van der Waals surface area contributed by atoms with Gasteiger partial charge in [0, 0.05) is 12.7 Å². The van der Waals surface area contributed by atoms with Crippen molar-refractivity contribution >= 4 is 11.6 Å². The van der Waals surface area contributed by atoms with E-state index in [2.05, 4.69) is 6.07 Å². The topological polar surface area (TPSA) is 44.1 Å². The van der Waals surface area contributed by atoms with Crippen LogP contribution >= 0.6 is 0 Å². The van der Waals surface area contributed by atoms with Gasteiger partial charge in [0.1, 0.15) is 0 Å². The summed E-state index contributed by atoms with van der Waals surface area (Å²) in [6, 6.07) is 18.7. The van der Waals surface area contributed by atoms with E-state index in [1.807, 2.05) is 36.4 Å². The number of rotatable bonds is 3. The monoisotopic (exact) mass is 250 g/mol. The lowest BCUT2D eigenvalue weighted by atomic mass is 10.1. The van der Waals surface area contributed by atoms with E-state index in [4.69, 9.17) is 5.26 Å². The smallest absolute Gasteiger partial charge is 0.231 e. The SMILES string of the molecule is CN(C(=O)Cc1ccccc1)c1cccc(C#N)c1. The summed E-state index contributed by atoms with van der Waals surface area (Å²) in [6.45, 7) is 0. The molecule has 19 heavy (non-hydrogen) atoms. The molecule has 1 amide bonds. The number of likely N-dealkylation sites (N-methyl/N-ethyl adjacent to an activating group) is 1. The van der Waals surface area contributed by atoms with Gasteiger partial charge in [0.05, 0.1) is 18.1 Å². The second-order valence-corrected chi connectivity index (χ2v) is 4.28. The molecule has 0 aliphatic carbocycles. The molecule has 0 bridgehead atoms. The molecule has 2 rings (SSSR count). The molecular formula is C16H14N2O. The Kier molecular flexibility index (Phi) is 3.94. The number of hydrogen-bond donors (Lipinski definition) is 0. The van der Waals surface area contributed by atoms with Gasteiger partial charge in [-0.15, -0.1) is 0 Å². The number of nitriles is 1. The van der Waals surface area contributed by atoms with Gasteiger partial charge in [-0.1, -0.05) is 36.4 Å².